The quantitative estimate of drug-likeness (QED) is 0.391. The molecule has 0 aromatic heterocycles. The second-order valence-corrected chi connectivity index (χ2v) is 7.32. The van der Waals surface area contributed by atoms with Crippen LogP contribution in [0.5, 0.6) is 5.75 Å². The first-order valence-corrected chi connectivity index (χ1v) is 9.88. The number of hydrogen-bond donors (Lipinski definition) is 1. The number of nitriles is 1. The summed E-state index contributed by atoms with van der Waals surface area (Å²) in [5.41, 5.74) is 1.84. The Labute approximate surface area is 184 Å². The van der Waals surface area contributed by atoms with Gasteiger partial charge in [-0.25, -0.2) is 0 Å². The highest BCUT2D eigenvalue weighted by atomic mass is 32.1. The van der Waals surface area contributed by atoms with Crippen molar-refractivity contribution in [2.45, 2.75) is 6.61 Å². The molecule has 31 heavy (non-hydrogen) atoms. The summed E-state index contributed by atoms with van der Waals surface area (Å²) in [6.45, 7) is 0.169. The predicted molar refractivity (Wildman–Crippen MR) is 121 cm³/mol. The van der Waals surface area contributed by atoms with Crippen LogP contribution in [0.1, 0.15) is 16.7 Å². The molecule has 0 unspecified atom stereocenters. The molecule has 1 aliphatic heterocycles. The second-order valence-electron chi connectivity index (χ2n) is 6.94. The van der Waals surface area contributed by atoms with E-state index in [-0.39, 0.29) is 17.3 Å². The number of nitrogens with one attached hydrogen (secondary N) is 1. The Morgan fingerprint density at radius 2 is 1.84 bits per heavy atom. The lowest BCUT2D eigenvalue weighted by Crippen LogP contribution is -2.52. The maximum Gasteiger partial charge on any atom is 0.265 e. The Bertz CT molecular complexity index is 1310. The van der Waals surface area contributed by atoms with Crippen molar-refractivity contribution in [2.24, 2.45) is 0 Å². The second kappa shape index (κ2) is 8.38. The lowest BCUT2D eigenvalue weighted by atomic mass is 10.00. The third-order valence-electron chi connectivity index (χ3n) is 5.05. The van der Waals surface area contributed by atoms with Gasteiger partial charge in [-0.05, 0) is 41.2 Å². The van der Waals surface area contributed by atoms with Gasteiger partial charge in [-0.1, -0.05) is 48.5 Å². The number of carbonyl (C=O) groups excluding carboxylic acids is 2. The van der Waals surface area contributed by atoms with Crippen molar-refractivity contribution in [3.63, 3.8) is 0 Å². The van der Waals surface area contributed by atoms with Crippen molar-refractivity contribution in [3.8, 4) is 11.8 Å². The van der Waals surface area contributed by atoms with Gasteiger partial charge in [0.2, 0.25) is 0 Å². The summed E-state index contributed by atoms with van der Waals surface area (Å²) in [7, 11) is 1.51. The van der Waals surface area contributed by atoms with E-state index in [1.165, 1.54) is 18.0 Å². The highest BCUT2D eigenvalue weighted by molar-refractivity contribution is 7.80. The molecular formula is C24H17N3O3S. The molecule has 1 N–H and O–H groups in total. The molecule has 4 rings (SSSR count). The van der Waals surface area contributed by atoms with E-state index in [0.717, 1.165) is 16.3 Å². The van der Waals surface area contributed by atoms with Crippen molar-refractivity contribution >= 4 is 46.0 Å². The van der Waals surface area contributed by atoms with Gasteiger partial charge in [-0.2, -0.15) is 5.26 Å². The predicted octanol–water partition coefficient (Wildman–Crippen LogP) is 3.55. The first-order valence-electron chi connectivity index (χ1n) is 9.47. The van der Waals surface area contributed by atoms with Crippen LogP contribution in [0, 0.1) is 11.3 Å². The Morgan fingerprint density at radius 1 is 1.10 bits per heavy atom. The van der Waals surface area contributed by atoms with Crippen LogP contribution >= 0.6 is 12.2 Å². The summed E-state index contributed by atoms with van der Waals surface area (Å²) < 4.78 is 6.06. The van der Waals surface area contributed by atoms with Crippen molar-refractivity contribution in [1.82, 2.24) is 10.2 Å². The van der Waals surface area contributed by atoms with E-state index in [2.05, 4.69) is 11.4 Å². The molecule has 3 aromatic carbocycles. The number of hydrogen-bond acceptors (Lipinski definition) is 5. The van der Waals surface area contributed by atoms with Gasteiger partial charge in [0, 0.05) is 18.2 Å². The van der Waals surface area contributed by atoms with E-state index in [0.29, 0.717) is 16.9 Å². The van der Waals surface area contributed by atoms with Crippen molar-refractivity contribution in [1.29, 1.82) is 5.26 Å². The molecule has 2 amide bonds. The topological polar surface area (TPSA) is 82.4 Å². The highest BCUT2D eigenvalue weighted by Crippen LogP contribution is 2.31. The largest absolute Gasteiger partial charge is 0.488 e. The number of nitrogens with zero attached hydrogens (tertiary/aromatic N) is 2. The van der Waals surface area contributed by atoms with Gasteiger partial charge >= 0.3 is 0 Å². The average Bonchev–Trinajstić information content (AvgIpc) is 2.79. The SMILES string of the molecule is CN1C(=O)/C(=C/c2c(OCc3ccccc3C#N)ccc3ccccc23)C(=O)NC1=S. The third-order valence-corrected chi connectivity index (χ3v) is 5.42. The van der Waals surface area contributed by atoms with Crippen LogP contribution in [0.3, 0.4) is 0 Å². The van der Waals surface area contributed by atoms with E-state index < -0.39 is 11.8 Å². The molecule has 0 spiro atoms. The van der Waals surface area contributed by atoms with Crippen molar-refractivity contribution in [3.05, 3.63) is 82.9 Å². The fourth-order valence-corrected chi connectivity index (χ4v) is 3.53. The number of likely N-dealkylation sites (N-methyl/N-ethyl adjacent to an activating group) is 1. The number of amides is 2. The molecule has 0 atom stereocenters. The first kappa shape index (κ1) is 20.3. The first-order chi connectivity index (χ1) is 15.0. The average molecular weight is 427 g/mol. The molecule has 7 heteroatoms. The molecular weight excluding hydrogens is 410 g/mol. The van der Waals surface area contributed by atoms with Gasteiger partial charge in [0.25, 0.3) is 11.8 Å². The molecule has 1 saturated heterocycles. The fourth-order valence-electron chi connectivity index (χ4n) is 3.35. The molecule has 0 aliphatic carbocycles. The summed E-state index contributed by atoms with van der Waals surface area (Å²) in [4.78, 5) is 26.4. The minimum Gasteiger partial charge on any atom is -0.488 e. The summed E-state index contributed by atoms with van der Waals surface area (Å²) in [6, 6.07) is 20.7. The monoisotopic (exact) mass is 427 g/mol. The summed E-state index contributed by atoms with van der Waals surface area (Å²) in [5, 5.41) is 13.7. The van der Waals surface area contributed by atoms with Crippen LogP contribution in [0.2, 0.25) is 0 Å². The molecule has 0 saturated carbocycles. The highest BCUT2D eigenvalue weighted by Gasteiger charge is 2.31. The lowest BCUT2D eigenvalue weighted by Gasteiger charge is -2.25. The molecule has 0 radical (unpaired) electrons. The zero-order valence-electron chi connectivity index (χ0n) is 16.6. The third kappa shape index (κ3) is 3.89. The summed E-state index contributed by atoms with van der Waals surface area (Å²) >= 11 is 5.02. The van der Waals surface area contributed by atoms with Gasteiger partial charge in [0.1, 0.15) is 17.9 Å². The Hall–Kier alpha value is -4.02. The Morgan fingerprint density at radius 3 is 2.65 bits per heavy atom. The zero-order chi connectivity index (χ0) is 22.0. The van der Waals surface area contributed by atoms with Gasteiger partial charge in [-0.15, -0.1) is 0 Å². The Kier molecular flexibility index (Phi) is 5.48. The van der Waals surface area contributed by atoms with Crippen LogP contribution in [0.4, 0.5) is 0 Å². The fraction of sp³-hybridized carbons (Fsp3) is 0.0833. The van der Waals surface area contributed by atoms with Crippen molar-refractivity contribution < 1.29 is 14.3 Å². The smallest absolute Gasteiger partial charge is 0.265 e. The lowest BCUT2D eigenvalue weighted by molar-refractivity contribution is -0.128. The molecule has 1 aliphatic rings. The Balaban J connectivity index is 1.80. The molecule has 3 aromatic rings. The number of thiocarbonyl (C=S) groups is 1. The van der Waals surface area contributed by atoms with Gasteiger partial charge in [0.15, 0.2) is 5.11 Å². The maximum absolute atomic E-state index is 12.7. The van der Waals surface area contributed by atoms with E-state index in [1.54, 1.807) is 18.2 Å². The summed E-state index contributed by atoms with van der Waals surface area (Å²) in [6.07, 6.45) is 1.53. The maximum atomic E-state index is 12.7. The van der Waals surface area contributed by atoms with Crippen LogP contribution in [-0.4, -0.2) is 28.9 Å². The molecule has 1 heterocycles. The van der Waals surface area contributed by atoms with E-state index in [9.17, 15) is 14.9 Å². The number of rotatable bonds is 4. The van der Waals surface area contributed by atoms with Crippen LogP contribution < -0.4 is 10.1 Å². The van der Waals surface area contributed by atoms with Crippen molar-refractivity contribution in [2.75, 3.05) is 7.05 Å². The summed E-state index contributed by atoms with van der Waals surface area (Å²) in [5.74, 6) is -0.542. The van der Waals surface area contributed by atoms with Crippen LogP contribution in [0.15, 0.2) is 66.2 Å². The van der Waals surface area contributed by atoms with E-state index in [1.807, 2.05) is 42.5 Å². The zero-order valence-corrected chi connectivity index (χ0v) is 17.4. The van der Waals surface area contributed by atoms with Crippen LogP contribution in [-0.2, 0) is 16.2 Å². The standard InChI is InChI=1S/C24H17N3O3S/c1-27-23(29)20(22(28)26-24(27)31)12-19-18-9-5-4-6-15(18)10-11-21(19)30-14-17-8-3-2-7-16(17)13-25/h2-12H,14H2,1H3,(H,26,28,31)/b20-12+. The minimum absolute atomic E-state index is 0.0327. The van der Waals surface area contributed by atoms with Gasteiger partial charge < -0.3 is 4.74 Å². The number of benzene rings is 3. The molecule has 1 fully saturated rings. The van der Waals surface area contributed by atoms with E-state index in [4.69, 9.17) is 17.0 Å². The van der Waals surface area contributed by atoms with Gasteiger partial charge in [0.05, 0.1) is 11.6 Å². The molecule has 152 valence electrons. The molecule has 0 bridgehead atoms. The number of carbonyl (C=O) groups is 2. The number of fused-ring (bicyclic) bond motifs is 1. The van der Waals surface area contributed by atoms with Gasteiger partial charge in [-0.3, -0.25) is 19.8 Å². The minimum atomic E-state index is -0.554. The normalized spacial score (nSPS) is 15.2. The number of ether oxygens (including phenoxy) is 1. The van der Waals surface area contributed by atoms with E-state index >= 15 is 0 Å². The molecule has 6 nitrogen and oxygen atoms in total. The van der Waals surface area contributed by atoms with Crippen LogP contribution in [0.25, 0.3) is 16.8 Å².